The molecule has 0 saturated carbocycles. The predicted molar refractivity (Wildman–Crippen MR) is 59.6 cm³/mol. The Labute approximate surface area is 93.2 Å². The average Bonchev–Trinajstić information content (AvgIpc) is 2.64. The van der Waals surface area contributed by atoms with E-state index in [1.54, 1.807) is 22.1 Å². The van der Waals surface area contributed by atoms with Crippen LogP contribution >= 0.6 is 27.3 Å². The minimum absolute atomic E-state index is 0.221. The van der Waals surface area contributed by atoms with Crippen LogP contribution in [0.4, 0.5) is 0 Å². The van der Waals surface area contributed by atoms with E-state index in [1.165, 1.54) is 6.20 Å². The van der Waals surface area contributed by atoms with Gasteiger partial charge in [0.05, 0.1) is 11.0 Å². The van der Waals surface area contributed by atoms with Crippen molar-refractivity contribution in [2.75, 3.05) is 0 Å². The Bertz CT molecular complexity index is 478. The third kappa shape index (κ3) is 2.10. The normalized spacial score (nSPS) is 10.4. The number of hydrogen-bond acceptors (Lipinski definition) is 3. The standard InChI is InChI=1S/C9H7BrN2OS/c10-7-4-11-9(13)12(5-7)6-8-2-1-3-14-8/h1-5H,6H2. The zero-order valence-corrected chi connectivity index (χ0v) is 9.59. The molecule has 0 spiro atoms. The Morgan fingerprint density at radius 1 is 1.57 bits per heavy atom. The molecule has 0 amide bonds. The van der Waals surface area contributed by atoms with Crippen LogP contribution in [0.25, 0.3) is 0 Å². The van der Waals surface area contributed by atoms with Gasteiger partial charge < -0.3 is 0 Å². The van der Waals surface area contributed by atoms with E-state index in [0.717, 1.165) is 9.35 Å². The summed E-state index contributed by atoms with van der Waals surface area (Å²) in [5.41, 5.74) is -0.221. The molecule has 2 aromatic heterocycles. The summed E-state index contributed by atoms with van der Waals surface area (Å²) >= 11 is 4.91. The number of hydrogen-bond donors (Lipinski definition) is 0. The van der Waals surface area contributed by atoms with Gasteiger partial charge in [0.2, 0.25) is 0 Å². The van der Waals surface area contributed by atoms with Gasteiger partial charge in [-0.1, -0.05) is 6.07 Å². The summed E-state index contributed by atoms with van der Waals surface area (Å²) in [4.78, 5) is 16.2. The Morgan fingerprint density at radius 3 is 3.14 bits per heavy atom. The number of rotatable bonds is 2. The molecule has 2 heterocycles. The van der Waals surface area contributed by atoms with Gasteiger partial charge in [-0.15, -0.1) is 11.3 Å². The highest BCUT2D eigenvalue weighted by Crippen LogP contribution is 2.10. The van der Waals surface area contributed by atoms with E-state index in [-0.39, 0.29) is 5.69 Å². The maximum absolute atomic E-state index is 11.3. The van der Waals surface area contributed by atoms with E-state index in [0.29, 0.717) is 6.54 Å². The molecule has 0 aliphatic rings. The first-order valence-corrected chi connectivity index (χ1v) is 5.67. The van der Waals surface area contributed by atoms with E-state index in [2.05, 4.69) is 20.9 Å². The molecule has 0 bridgehead atoms. The fraction of sp³-hybridized carbons (Fsp3) is 0.111. The second-order valence-corrected chi connectivity index (χ2v) is 4.71. The molecule has 14 heavy (non-hydrogen) atoms. The SMILES string of the molecule is O=c1ncc(Br)cn1Cc1cccs1. The largest absolute Gasteiger partial charge is 0.347 e. The molecule has 2 rings (SSSR count). The smallest absolute Gasteiger partial charge is 0.293 e. The molecular weight excluding hydrogens is 264 g/mol. The molecule has 0 unspecified atom stereocenters. The predicted octanol–water partition coefficient (Wildman–Crippen LogP) is 2.12. The molecule has 0 saturated heterocycles. The van der Waals surface area contributed by atoms with Crippen molar-refractivity contribution in [2.45, 2.75) is 6.54 Å². The number of nitrogens with zero attached hydrogens (tertiary/aromatic N) is 2. The lowest BCUT2D eigenvalue weighted by atomic mass is 10.4. The van der Waals surface area contributed by atoms with Gasteiger partial charge in [-0.05, 0) is 27.4 Å². The average molecular weight is 271 g/mol. The van der Waals surface area contributed by atoms with E-state index >= 15 is 0 Å². The van der Waals surface area contributed by atoms with E-state index in [4.69, 9.17) is 0 Å². The lowest BCUT2D eigenvalue weighted by Crippen LogP contribution is -2.21. The molecule has 0 aromatic carbocycles. The van der Waals surface area contributed by atoms with Crippen LogP contribution in [-0.4, -0.2) is 9.55 Å². The monoisotopic (exact) mass is 270 g/mol. The van der Waals surface area contributed by atoms with Gasteiger partial charge in [-0.25, -0.2) is 9.78 Å². The zero-order valence-electron chi connectivity index (χ0n) is 7.18. The maximum Gasteiger partial charge on any atom is 0.347 e. The molecule has 0 fully saturated rings. The van der Waals surface area contributed by atoms with Gasteiger partial charge in [0.1, 0.15) is 0 Å². The highest BCUT2D eigenvalue weighted by Gasteiger charge is 2.00. The molecule has 2 aromatic rings. The highest BCUT2D eigenvalue weighted by molar-refractivity contribution is 9.10. The summed E-state index contributed by atoms with van der Waals surface area (Å²) in [6, 6.07) is 3.97. The van der Waals surface area contributed by atoms with Crippen molar-refractivity contribution in [3.8, 4) is 0 Å². The third-order valence-corrected chi connectivity index (χ3v) is 3.00. The van der Waals surface area contributed by atoms with Crippen LogP contribution in [0.3, 0.4) is 0 Å². The molecule has 0 atom stereocenters. The molecular formula is C9H7BrN2OS. The minimum atomic E-state index is -0.221. The van der Waals surface area contributed by atoms with Gasteiger partial charge in [-0.2, -0.15) is 0 Å². The van der Waals surface area contributed by atoms with Crippen LogP contribution in [0, 0.1) is 0 Å². The molecule has 72 valence electrons. The molecule has 0 aliphatic carbocycles. The van der Waals surface area contributed by atoms with E-state index < -0.39 is 0 Å². The maximum atomic E-state index is 11.3. The van der Waals surface area contributed by atoms with Crippen LogP contribution in [0.1, 0.15) is 4.88 Å². The van der Waals surface area contributed by atoms with Gasteiger partial charge in [0.15, 0.2) is 0 Å². The van der Waals surface area contributed by atoms with Gasteiger partial charge in [0, 0.05) is 17.3 Å². The molecule has 0 radical (unpaired) electrons. The Kier molecular flexibility index (Phi) is 2.79. The Hall–Kier alpha value is -0.940. The van der Waals surface area contributed by atoms with Crippen molar-refractivity contribution >= 4 is 27.3 Å². The summed E-state index contributed by atoms with van der Waals surface area (Å²) in [7, 11) is 0. The fourth-order valence-corrected chi connectivity index (χ4v) is 2.16. The van der Waals surface area contributed by atoms with Crippen LogP contribution < -0.4 is 5.69 Å². The summed E-state index contributed by atoms with van der Waals surface area (Å²) in [6.45, 7) is 0.586. The highest BCUT2D eigenvalue weighted by atomic mass is 79.9. The van der Waals surface area contributed by atoms with Crippen LogP contribution in [0.2, 0.25) is 0 Å². The Balaban J connectivity index is 2.33. The van der Waals surface area contributed by atoms with Crippen molar-refractivity contribution in [3.63, 3.8) is 0 Å². The first-order chi connectivity index (χ1) is 6.75. The van der Waals surface area contributed by atoms with Gasteiger partial charge >= 0.3 is 5.69 Å². The number of aromatic nitrogens is 2. The van der Waals surface area contributed by atoms with Crippen LogP contribution in [0.15, 0.2) is 39.2 Å². The quantitative estimate of drug-likeness (QED) is 0.838. The summed E-state index contributed by atoms with van der Waals surface area (Å²) in [6.07, 6.45) is 3.25. The summed E-state index contributed by atoms with van der Waals surface area (Å²) < 4.78 is 2.39. The lowest BCUT2D eigenvalue weighted by Gasteiger charge is -2.02. The molecule has 3 nitrogen and oxygen atoms in total. The van der Waals surface area contributed by atoms with Crippen molar-refractivity contribution in [1.82, 2.24) is 9.55 Å². The zero-order chi connectivity index (χ0) is 9.97. The first-order valence-electron chi connectivity index (χ1n) is 4.00. The lowest BCUT2D eigenvalue weighted by molar-refractivity contribution is 0.731. The minimum Gasteiger partial charge on any atom is -0.293 e. The second-order valence-electron chi connectivity index (χ2n) is 2.76. The number of thiophene rings is 1. The van der Waals surface area contributed by atoms with Gasteiger partial charge in [-0.3, -0.25) is 4.57 Å². The molecule has 5 heteroatoms. The van der Waals surface area contributed by atoms with Crippen LogP contribution in [-0.2, 0) is 6.54 Å². The first kappa shape index (κ1) is 9.61. The Morgan fingerprint density at radius 2 is 2.43 bits per heavy atom. The third-order valence-electron chi connectivity index (χ3n) is 1.73. The summed E-state index contributed by atoms with van der Waals surface area (Å²) in [5.74, 6) is 0. The van der Waals surface area contributed by atoms with Crippen molar-refractivity contribution in [3.05, 3.63) is 49.7 Å². The van der Waals surface area contributed by atoms with E-state index in [1.807, 2.05) is 17.5 Å². The van der Waals surface area contributed by atoms with Crippen molar-refractivity contribution < 1.29 is 0 Å². The van der Waals surface area contributed by atoms with Crippen molar-refractivity contribution in [1.29, 1.82) is 0 Å². The molecule has 0 aliphatic heterocycles. The number of halogens is 1. The topological polar surface area (TPSA) is 34.9 Å². The summed E-state index contributed by atoms with van der Waals surface area (Å²) in [5, 5.41) is 1.99. The fourth-order valence-electron chi connectivity index (χ4n) is 1.11. The molecule has 0 N–H and O–H groups in total. The van der Waals surface area contributed by atoms with Crippen LogP contribution in [0.5, 0.6) is 0 Å². The van der Waals surface area contributed by atoms with E-state index in [9.17, 15) is 4.79 Å². The second kappa shape index (κ2) is 4.06. The van der Waals surface area contributed by atoms with Gasteiger partial charge in [0.25, 0.3) is 0 Å². The van der Waals surface area contributed by atoms with Crippen molar-refractivity contribution in [2.24, 2.45) is 0 Å².